The molecule has 1 aliphatic rings. The van der Waals surface area contributed by atoms with Gasteiger partial charge in [-0.15, -0.1) is 0 Å². The Labute approximate surface area is 159 Å². The van der Waals surface area contributed by atoms with Gasteiger partial charge in [0.25, 0.3) is 0 Å². The van der Waals surface area contributed by atoms with E-state index < -0.39 is 0 Å². The normalized spacial score (nSPS) is 21.8. The summed E-state index contributed by atoms with van der Waals surface area (Å²) >= 11 is 0. The molecule has 2 nitrogen and oxygen atoms in total. The van der Waals surface area contributed by atoms with Crippen LogP contribution >= 0.6 is 0 Å². The summed E-state index contributed by atoms with van der Waals surface area (Å²) < 4.78 is 0. The summed E-state index contributed by atoms with van der Waals surface area (Å²) in [6.45, 7) is 6.72. The van der Waals surface area contributed by atoms with Gasteiger partial charge in [0, 0.05) is 25.2 Å². The largest absolute Gasteiger partial charge is 0.296 e. The zero-order valence-corrected chi connectivity index (χ0v) is 16.9. The highest BCUT2D eigenvalue weighted by Crippen LogP contribution is 2.35. The van der Waals surface area contributed by atoms with Gasteiger partial charge in [-0.25, -0.2) is 0 Å². The predicted octanol–water partition coefficient (Wildman–Crippen LogP) is 5.25. The van der Waals surface area contributed by atoms with Gasteiger partial charge in [0.15, 0.2) is 0 Å². The van der Waals surface area contributed by atoms with Crippen LogP contribution in [0.15, 0.2) is 48.5 Å². The van der Waals surface area contributed by atoms with Crippen molar-refractivity contribution in [1.82, 2.24) is 9.80 Å². The molecule has 2 atom stereocenters. The topological polar surface area (TPSA) is 6.48 Å². The molecule has 0 bridgehead atoms. The van der Waals surface area contributed by atoms with E-state index in [9.17, 15) is 0 Å². The highest BCUT2D eigenvalue weighted by Gasteiger charge is 2.33. The molecule has 0 unspecified atom stereocenters. The van der Waals surface area contributed by atoms with Crippen LogP contribution in [0.25, 0.3) is 0 Å². The molecule has 0 radical (unpaired) electrons. The maximum Gasteiger partial charge on any atom is 0.0475 e. The summed E-state index contributed by atoms with van der Waals surface area (Å²) in [6, 6.07) is 19.0. The molecule has 0 saturated carbocycles. The Kier molecular flexibility index (Phi) is 6.50. The first-order chi connectivity index (χ1) is 12.7. The summed E-state index contributed by atoms with van der Waals surface area (Å²) in [5.74, 6) is 0. The molecule has 1 fully saturated rings. The van der Waals surface area contributed by atoms with Gasteiger partial charge in [0.05, 0.1) is 0 Å². The second-order valence-electron chi connectivity index (χ2n) is 7.81. The van der Waals surface area contributed by atoms with Crippen LogP contribution in [0.3, 0.4) is 0 Å². The van der Waals surface area contributed by atoms with Crippen LogP contribution in [0.2, 0.25) is 0 Å². The average molecular weight is 351 g/mol. The van der Waals surface area contributed by atoms with Crippen molar-refractivity contribution in [3.8, 4) is 0 Å². The van der Waals surface area contributed by atoms with Crippen LogP contribution in [-0.4, -0.2) is 37.0 Å². The molecule has 2 aromatic carbocycles. The average Bonchev–Trinajstić information content (AvgIpc) is 2.65. The third-order valence-electron chi connectivity index (χ3n) is 5.85. The third-order valence-corrected chi connectivity index (χ3v) is 5.85. The number of aryl methyl sites for hydroxylation is 2. The van der Waals surface area contributed by atoms with Crippen LogP contribution in [0.4, 0.5) is 0 Å². The molecule has 0 spiro atoms. The molecule has 3 rings (SSSR count). The molecule has 0 aromatic heterocycles. The Morgan fingerprint density at radius 2 is 1.08 bits per heavy atom. The predicted molar refractivity (Wildman–Crippen MR) is 112 cm³/mol. The van der Waals surface area contributed by atoms with E-state index in [2.05, 4.69) is 86.3 Å². The van der Waals surface area contributed by atoms with Crippen LogP contribution < -0.4 is 0 Å². The molecular weight excluding hydrogens is 316 g/mol. The van der Waals surface area contributed by atoms with Crippen LogP contribution in [0, 0.1) is 0 Å². The van der Waals surface area contributed by atoms with Crippen molar-refractivity contribution in [2.24, 2.45) is 0 Å². The Morgan fingerprint density at radius 1 is 0.692 bits per heavy atom. The maximum absolute atomic E-state index is 2.57. The van der Waals surface area contributed by atoms with E-state index in [1.54, 1.807) is 0 Å². The number of nitrogens with zero attached hydrogens (tertiary/aromatic N) is 2. The highest BCUT2D eigenvalue weighted by molar-refractivity contribution is 5.34. The summed E-state index contributed by atoms with van der Waals surface area (Å²) in [5.41, 5.74) is 6.07. The first kappa shape index (κ1) is 19.1. The van der Waals surface area contributed by atoms with E-state index in [0.717, 1.165) is 13.1 Å². The van der Waals surface area contributed by atoms with Gasteiger partial charge in [-0.1, -0.05) is 75.2 Å². The van der Waals surface area contributed by atoms with Gasteiger partial charge in [-0.05, 0) is 49.2 Å². The van der Waals surface area contributed by atoms with E-state index in [1.165, 1.54) is 47.9 Å². The Hall–Kier alpha value is -1.64. The lowest BCUT2D eigenvalue weighted by Gasteiger charge is -2.44. The Bertz CT molecular complexity index is 647. The maximum atomic E-state index is 2.57. The molecule has 2 heteroatoms. The molecule has 1 saturated heterocycles. The van der Waals surface area contributed by atoms with Crippen molar-refractivity contribution in [2.45, 2.75) is 51.6 Å². The van der Waals surface area contributed by atoms with E-state index >= 15 is 0 Å². The van der Waals surface area contributed by atoms with Gasteiger partial charge in [0.2, 0.25) is 0 Å². The minimum atomic E-state index is 0.484. The lowest BCUT2D eigenvalue weighted by Crippen LogP contribution is -2.47. The highest BCUT2D eigenvalue weighted by atomic mass is 15.3. The molecule has 0 aliphatic carbocycles. The van der Waals surface area contributed by atoms with Crippen molar-refractivity contribution < 1.29 is 0 Å². The fourth-order valence-corrected chi connectivity index (χ4v) is 4.46. The van der Waals surface area contributed by atoms with Crippen molar-refractivity contribution in [3.63, 3.8) is 0 Å². The lowest BCUT2D eigenvalue weighted by atomic mass is 9.90. The van der Waals surface area contributed by atoms with E-state index in [4.69, 9.17) is 0 Å². The molecular formula is C24H34N2. The minimum absolute atomic E-state index is 0.484. The molecule has 26 heavy (non-hydrogen) atoms. The fraction of sp³-hybridized carbons (Fsp3) is 0.500. The standard InChI is InChI=1S/C24H34N2/c1-5-11-19-13-7-9-15-21(19)23-17-26(4)24(18-25(23)3)22-16-10-8-14-20(22)12-6-2/h7-10,13-16,23-24H,5-6,11-12,17-18H2,1-4H3/t23-,24+. The van der Waals surface area contributed by atoms with Crippen LogP contribution in [0.1, 0.15) is 61.0 Å². The van der Waals surface area contributed by atoms with Gasteiger partial charge in [-0.3, -0.25) is 9.80 Å². The number of likely N-dealkylation sites (N-methyl/N-ethyl adjacent to an activating group) is 2. The van der Waals surface area contributed by atoms with Crippen molar-refractivity contribution in [1.29, 1.82) is 0 Å². The molecule has 0 amide bonds. The summed E-state index contributed by atoms with van der Waals surface area (Å²) in [4.78, 5) is 5.14. The smallest absolute Gasteiger partial charge is 0.0475 e. The number of hydrogen-bond acceptors (Lipinski definition) is 2. The third kappa shape index (κ3) is 4.02. The van der Waals surface area contributed by atoms with Gasteiger partial charge < -0.3 is 0 Å². The number of benzene rings is 2. The second kappa shape index (κ2) is 8.83. The second-order valence-corrected chi connectivity index (χ2v) is 7.81. The van der Waals surface area contributed by atoms with Gasteiger partial charge in [-0.2, -0.15) is 0 Å². The summed E-state index contributed by atoms with van der Waals surface area (Å²) in [5, 5.41) is 0. The van der Waals surface area contributed by atoms with E-state index in [1.807, 2.05) is 0 Å². The van der Waals surface area contributed by atoms with E-state index in [0.29, 0.717) is 12.1 Å². The number of piperazine rings is 1. The number of rotatable bonds is 6. The van der Waals surface area contributed by atoms with Gasteiger partial charge in [0.1, 0.15) is 0 Å². The fourth-order valence-electron chi connectivity index (χ4n) is 4.46. The molecule has 2 aromatic rings. The molecule has 140 valence electrons. The van der Waals surface area contributed by atoms with Crippen molar-refractivity contribution in [3.05, 3.63) is 70.8 Å². The number of hydrogen-bond donors (Lipinski definition) is 0. The molecule has 1 heterocycles. The first-order valence-electron chi connectivity index (χ1n) is 10.2. The van der Waals surface area contributed by atoms with Crippen molar-refractivity contribution in [2.75, 3.05) is 27.2 Å². The molecule has 0 N–H and O–H groups in total. The zero-order valence-electron chi connectivity index (χ0n) is 16.9. The Balaban J connectivity index is 1.85. The first-order valence-corrected chi connectivity index (χ1v) is 10.2. The monoisotopic (exact) mass is 350 g/mol. The van der Waals surface area contributed by atoms with Crippen molar-refractivity contribution >= 4 is 0 Å². The quantitative estimate of drug-likeness (QED) is 0.702. The zero-order chi connectivity index (χ0) is 18.5. The lowest BCUT2D eigenvalue weighted by molar-refractivity contribution is 0.0615. The summed E-state index contributed by atoms with van der Waals surface area (Å²) in [6.07, 6.45) is 4.76. The molecule has 1 aliphatic heterocycles. The SMILES string of the molecule is CCCc1ccccc1[C@H]1CN(C)[C@H](c2ccccc2CCC)CN1C. The van der Waals surface area contributed by atoms with E-state index in [-0.39, 0.29) is 0 Å². The van der Waals surface area contributed by atoms with Crippen LogP contribution in [-0.2, 0) is 12.8 Å². The Morgan fingerprint density at radius 3 is 1.46 bits per heavy atom. The summed E-state index contributed by atoms with van der Waals surface area (Å²) in [7, 11) is 4.60. The van der Waals surface area contributed by atoms with Gasteiger partial charge >= 0.3 is 0 Å². The minimum Gasteiger partial charge on any atom is -0.296 e. The van der Waals surface area contributed by atoms with Crippen LogP contribution in [0.5, 0.6) is 0 Å².